The molecule has 2 unspecified atom stereocenters. The van der Waals surface area contributed by atoms with Crippen molar-refractivity contribution < 1.29 is 14.3 Å². The van der Waals surface area contributed by atoms with Crippen molar-refractivity contribution in [2.75, 3.05) is 18.5 Å². The zero-order chi connectivity index (χ0) is 16.1. The van der Waals surface area contributed by atoms with Gasteiger partial charge in [-0.15, -0.1) is 0 Å². The van der Waals surface area contributed by atoms with E-state index in [0.29, 0.717) is 23.6 Å². The van der Waals surface area contributed by atoms with E-state index in [1.165, 1.54) is 5.69 Å². The predicted octanol–water partition coefficient (Wildman–Crippen LogP) is 3.17. The van der Waals surface area contributed by atoms with E-state index in [-0.39, 0.29) is 6.04 Å². The molecule has 6 nitrogen and oxygen atoms in total. The third-order valence-electron chi connectivity index (χ3n) is 4.18. The van der Waals surface area contributed by atoms with Crippen molar-refractivity contribution in [3.05, 3.63) is 11.8 Å². The molecule has 22 heavy (non-hydrogen) atoms. The van der Waals surface area contributed by atoms with Crippen molar-refractivity contribution in [1.82, 2.24) is 9.78 Å². The molecule has 1 aliphatic heterocycles. The highest BCUT2D eigenvalue weighted by atomic mass is 16.6. The van der Waals surface area contributed by atoms with Crippen molar-refractivity contribution >= 4 is 11.9 Å². The number of hydrogen-bond acceptors (Lipinski definition) is 4. The predicted molar refractivity (Wildman–Crippen MR) is 83.0 cm³/mol. The summed E-state index contributed by atoms with van der Waals surface area (Å²) in [7, 11) is 0. The largest absolute Gasteiger partial charge is 0.444 e. The summed E-state index contributed by atoms with van der Waals surface area (Å²) in [5.74, 6) is 2.30. The number of nitrogens with one attached hydrogen (secondary N) is 1. The van der Waals surface area contributed by atoms with Crippen LogP contribution in [-0.4, -0.2) is 34.7 Å². The molecule has 2 atom stereocenters. The van der Waals surface area contributed by atoms with Gasteiger partial charge in [-0.3, -0.25) is 10.00 Å². The molecule has 2 aliphatic rings. The van der Waals surface area contributed by atoms with Gasteiger partial charge in [0, 0.05) is 23.7 Å². The smallest absolute Gasteiger partial charge is 0.413 e. The Labute approximate surface area is 131 Å². The number of fused-ring (bicyclic) bond motifs is 1. The molecule has 0 aromatic carbocycles. The van der Waals surface area contributed by atoms with Gasteiger partial charge in [-0.1, -0.05) is 0 Å². The first-order valence-corrected chi connectivity index (χ1v) is 7.93. The van der Waals surface area contributed by atoms with E-state index in [1.54, 1.807) is 0 Å². The minimum atomic E-state index is -0.515. The second-order valence-corrected chi connectivity index (χ2v) is 7.51. The van der Waals surface area contributed by atoms with Gasteiger partial charge in [0.15, 0.2) is 5.82 Å². The highest BCUT2D eigenvalue weighted by Crippen LogP contribution is 2.57. The Bertz CT molecular complexity index is 564. The summed E-state index contributed by atoms with van der Waals surface area (Å²) in [6.45, 7) is 11.4. The summed E-state index contributed by atoms with van der Waals surface area (Å²) in [5, 5.41) is 7.27. The first-order chi connectivity index (χ1) is 10.3. The molecule has 122 valence electrons. The lowest BCUT2D eigenvalue weighted by molar-refractivity contribution is 0.0635. The molecule has 0 bridgehead atoms. The minimum absolute atomic E-state index is 0.256. The van der Waals surface area contributed by atoms with Crippen LogP contribution >= 0.6 is 0 Å². The monoisotopic (exact) mass is 307 g/mol. The molecule has 0 spiro atoms. The van der Waals surface area contributed by atoms with Crippen LogP contribution in [0.1, 0.15) is 52.3 Å². The Kier molecular flexibility index (Phi) is 3.67. The van der Waals surface area contributed by atoms with Crippen molar-refractivity contribution in [3.8, 4) is 0 Å². The van der Waals surface area contributed by atoms with Gasteiger partial charge in [0.1, 0.15) is 5.60 Å². The maximum Gasteiger partial charge on any atom is 0.413 e. The third kappa shape index (κ3) is 2.97. The van der Waals surface area contributed by atoms with E-state index < -0.39 is 11.7 Å². The Balaban J connectivity index is 1.75. The van der Waals surface area contributed by atoms with Crippen molar-refractivity contribution in [1.29, 1.82) is 0 Å². The molecule has 1 saturated heterocycles. The molecule has 1 N–H and O–H groups in total. The van der Waals surface area contributed by atoms with Gasteiger partial charge in [-0.2, -0.15) is 5.10 Å². The van der Waals surface area contributed by atoms with Crippen LogP contribution in [0.3, 0.4) is 0 Å². The van der Waals surface area contributed by atoms with Gasteiger partial charge in [-0.25, -0.2) is 4.79 Å². The number of hydrogen-bond donors (Lipinski definition) is 1. The summed E-state index contributed by atoms with van der Waals surface area (Å²) in [6.07, 6.45) is -0.466. The molecule has 2 heterocycles. The highest BCUT2D eigenvalue weighted by Gasteiger charge is 2.56. The van der Waals surface area contributed by atoms with Gasteiger partial charge >= 0.3 is 6.09 Å². The quantitative estimate of drug-likeness (QED) is 0.931. The third-order valence-corrected chi connectivity index (χ3v) is 4.18. The topological polar surface area (TPSA) is 65.4 Å². The standard InChI is InChI=1S/C16H25N3O3/c1-9(2)19-12(14-10-7-21-8-11(10)14)6-13(18-19)17-15(20)22-16(3,4)5/h6,9-11,14H,7-8H2,1-5H3,(H,17,18,20). The van der Waals surface area contributed by atoms with Crippen LogP contribution in [0.25, 0.3) is 0 Å². The van der Waals surface area contributed by atoms with Gasteiger partial charge in [0.25, 0.3) is 0 Å². The Hall–Kier alpha value is -1.56. The van der Waals surface area contributed by atoms with E-state index in [2.05, 4.69) is 24.3 Å². The number of ether oxygens (including phenoxy) is 2. The SMILES string of the molecule is CC(C)n1nc(NC(=O)OC(C)(C)C)cc1C1C2COCC21. The van der Waals surface area contributed by atoms with E-state index in [4.69, 9.17) is 9.47 Å². The lowest BCUT2D eigenvalue weighted by atomic mass is 10.2. The summed E-state index contributed by atoms with van der Waals surface area (Å²) >= 11 is 0. The molecule has 1 aromatic heterocycles. The van der Waals surface area contributed by atoms with Gasteiger partial charge < -0.3 is 9.47 Å². The lowest BCUT2D eigenvalue weighted by Gasteiger charge is -2.19. The van der Waals surface area contributed by atoms with Crippen LogP contribution in [0.5, 0.6) is 0 Å². The Morgan fingerprint density at radius 3 is 2.59 bits per heavy atom. The summed E-state index contributed by atoms with van der Waals surface area (Å²) in [5.41, 5.74) is 0.678. The molecule has 1 saturated carbocycles. The molecule has 6 heteroatoms. The van der Waals surface area contributed by atoms with E-state index in [0.717, 1.165) is 13.2 Å². The number of carbonyl (C=O) groups is 1. The fourth-order valence-electron chi connectivity index (χ4n) is 3.22. The van der Waals surface area contributed by atoms with Crippen LogP contribution < -0.4 is 5.32 Å². The molecule has 3 rings (SSSR count). The number of aromatic nitrogens is 2. The molecule has 1 aliphatic carbocycles. The van der Waals surface area contributed by atoms with Crippen LogP contribution in [-0.2, 0) is 9.47 Å². The van der Waals surface area contributed by atoms with Gasteiger partial charge in [-0.05, 0) is 46.5 Å². The van der Waals surface area contributed by atoms with Crippen LogP contribution in [0.2, 0.25) is 0 Å². The zero-order valence-corrected chi connectivity index (χ0v) is 13.9. The highest BCUT2D eigenvalue weighted by molar-refractivity contribution is 5.83. The second-order valence-electron chi connectivity index (χ2n) is 7.51. The fourth-order valence-corrected chi connectivity index (χ4v) is 3.22. The molecule has 0 radical (unpaired) electrons. The second kappa shape index (κ2) is 5.26. The normalized spacial score (nSPS) is 26.9. The maximum absolute atomic E-state index is 11.9. The van der Waals surface area contributed by atoms with E-state index >= 15 is 0 Å². The fraction of sp³-hybridized carbons (Fsp3) is 0.750. The zero-order valence-electron chi connectivity index (χ0n) is 13.9. The number of amides is 1. The van der Waals surface area contributed by atoms with Crippen LogP contribution in [0.15, 0.2) is 6.07 Å². The minimum Gasteiger partial charge on any atom is -0.444 e. The van der Waals surface area contributed by atoms with E-state index in [1.807, 2.05) is 31.5 Å². The molecular weight excluding hydrogens is 282 g/mol. The van der Waals surface area contributed by atoms with Gasteiger partial charge in [0.2, 0.25) is 0 Å². The summed E-state index contributed by atoms with van der Waals surface area (Å²) in [4.78, 5) is 11.9. The van der Waals surface area contributed by atoms with Gasteiger partial charge in [0.05, 0.1) is 13.2 Å². The molecular formula is C16H25N3O3. The molecule has 1 amide bonds. The number of anilines is 1. The summed E-state index contributed by atoms with van der Waals surface area (Å²) < 4.78 is 12.8. The average molecular weight is 307 g/mol. The lowest BCUT2D eigenvalue weighted by Crippen LogP contribution is -2.27. The van der Waals surface area contributed by atoms with Crippen molar-refractivity contribution in [3.63, 3.8) is 0 Å². The number of nitrogens with zero attached hydrogens (tertiary/aromatic N) is 2. The van der Waals surface area contributed by atoms with Crippen LogP contribution in [0.4, 0.5) is 10.6 Å². The Morgan fingerprint density at radius 1 is 1.41 bits per heavy atom. The van der Waals surface area contributed by atoms with Crippen LogP contribution in [0, 0.1) is 11.8 Å². The Morgan fingerprint density at radius 2 is 2.05 bits per heavy atom. The molecule has 1 aromatic rings. The first-order valence-electron chi connectivity index (χ1n) is 7.93. The van der Waals surface area contributed by atoms with Crippen molar-refractivity contribution in [2.24, 2.45) is 11.8 Å². The summed E-state index contributed by atoms with van der Waals surface area (Å²) in [6, 6.07) is 2.24. The molecule has 2 fully saturated rings. The number of carbonyl (C=O) groups excluding carboxylic acids is 1. The maximum atomic E-state index is 11.9. The average Bonchev–Trinajstić information content (AvgIpc) is 2.76. The van der Waals surface area contributed by atoms with E-state index in [9.17, 15) is 4.79 Å². The number of rotatable bonds is 3. The first kappa shape index (κ1) is 15.3. The van der Waals surface area contributed by atoms with Crippen molar-refractivity contribution in [2.45, 2.75) is 52.2 Å².